The van der Waals surface area contributed by atoms with Gasteiger partial charge in [-0.15, -0.1) is 0 Å². The van der Waals surface area contributed by atoms with Crippen molar-refractivity contribution in [1.82, 2.24) is 0 Å². The first-order chi connectivity index (χ1) is 4.91. The Balaban J connectivity index is 2.72. The number of methoxy groups -OCH3 is 1. The first-order valence-electron chi connectivity index (χ1n) is 2.99. The molecule has 0 heterocycles. The zero-order valence-corrected chi connectivity index (χ0v) is 6.00. The van der Waals surface area contributed by atoms with Gasteiger partial charge in [-0.1, -0.05) is 0 Å². The van der Waals surface area contributed by atoms with Gasteiger partial charge in [-0.05, 0) is 6.42 Å². The minimum Gasteiger partial charge on any atom is -0.398 e. The van der Waals surface area contributed by atoms with Crippen LogP contribution in [0.25, 0.3) is 0 Å². The highest BCUT2D eigenvalue weighted by Crippen LogP contribution is 1.83. The van der Waals surface area contributed by atoms with E-state index >= 15 is 0 Å². The molecule has 0 aromatic rings. The molecule has 58 valence electrons. The quantitative estimate of drug-likeness (QED) is 0.310. The molecule has 0 N–H and O–H groups in total. The third-order valence-corrected chi connectivity index (χ3v) is 0.844. The Bertz CT molecular complexity index is 99.7. The van der Waals surface area contributed by atoms with E-state index in [2.05, 4.69) is 4.74 Å². The molecule has 0 aliphatic heterocycles. The second-order valence-corrected chi connectivity index (χ2v) is 1.61. The molecule has 0 aromatic carbocycles. The number of nitriles is 1. The summed E-state index contributed by atoms with van der Waals surface area (Å²) in [6.45, 7) is 1.28. The summed E-state index contributed by atoms with van der Waals surface area (Å²) < 4.78 is 13.9. The van der Waals surface area contributed by atoms with Crippen molar-refractivity contribution in [1.29, 1.82) is 5.26 Å². The zero-order valence-electron chi connectivity index (χ0n) is 6.00. The summed E-state index contributed by atoms with van der Waals surface area (Å²) in [6.07, 6.45) is 2.33. The average Bonchev–Trinajstić information content (AvgIpc) is 1.97. The molecular formula is C6H11NO3. The lowest BCUT2D eigenvalue weighted by atomic mass is 10.5. The van der Waals surface area contributed by atoms with Crippen molar-refractivity contribution >= 4 is 0 Å². The molecule has 0 amide bonds. The Morgan fingerprint density at radius 1 is 1.40 bits per heavy atom. The van der Waals surface area contributed by atoms with Gasteiger partial charge in [0.2, 0.25) is 6.79 Å². The van der Waals surface area contributed by atoms with Crippen molar-refractivity contribution in [3.05, 3.63) is 0 Å². The van der Waals surface area contributed by atoms with Crippen molar-refractivity contribution in [2.75, 3.05) is 27.1 Å². The van der Waals surface area contributed by atoms with Crippen LogP contribution in [-0.4, -0.2) is 27.1 Å². The SMILES string of the molecule is COCCCOCOC#N. The Hall–Kier alpha value is -0.790. The van der Waals surface area contributed by atoms with E-state index in [1.807, 2.05) is 0 Å². The summed E-state index contributed by atoms with van der Waals surface area (Å²) in [5.74, 6) is 0. The second kappa shape index (κ2) is 8.21. The molecule has 4 heteroatoms. The standard InChI is InChI=1S/C6H11NO3/c1-8-3-2-4-9-6-10-5-7/h2-4,6H2,1H3. The zero-order chi connectivity index (χ0) is 7.66. The maximum atomic E-state index is 7.89. The topological polar surface area (TPSA) is 51.5 Å². The van der Waals surface area contributed by atoms with Crippen molar-refractivity contribution in [3.8, 4) is 6.26 Å². The van der Waals surface area contributed by atoms with Crippen LogP contribution in [0.4, 0.5) is 0 Å². The molecule has 10 heavy (non-hydrogen) atoms. The molecular weight excluding hydrogens is 134 g/mol. The highest BCUT2D eigenvalue weighted by Gasteiger charge is 1.86. The van der Waals surface area contributed by atoms with Gasteiger partial charge in [0, 0.05) is 13.7 Å². The van der Waals surface area contributed by atoms with Crippen molar-refractivity contribution in [3.63, 3.8) is 0 Å². The summed E-state index contributed by atoms with van der Waals surface area (Å²) in [4.78, 5) is 0. The summed E-state index contributed by atoms with van der Waals surface area (Å²) in [5, 5.41) is 7.89. The third-order valence-electron chi connectivity index (χ3n) is 0.844. The van der Waals surface area contributed by atoms with Crippen molar-refractivity contribution in [2.24, 2.45) is 0 Å². The molecule has 0 aromatic heterocycles. The van der Waals surface area contributed by atoms with E-state index in [0.717, 1.165) is 6.42 Å². The molecule has 0 saturated heterocycles. The minimum atomic E-state index is 0.0419. The highest BCUT2D eigenvalue weighted by molar-refractivity contribution is 4.42. The smallest absolute Gasteiger partial charge is 0.288 e. The molecule has 0 saturated carbocycles. The second-order valence-electron chi connectivity index (χ2n) is 1.61. The van der Waals surface area contributed by atoms with Crippen LogP contribution < -0.4 is 0 Å². The van der Waals surface area contributed by atoms with Crippen LogP contribution in [0.5, 0.6) is 0 Å². The normalized spacial score (nSPS) is 8.80. The maximum absolute atomic E-state index is 7.89. The van der Waals surface area contributed by atoms with E-state index in [0.29, 0.717) is 13.2 Å². The molecule has 0 unspecified atom stereocenters. The predicted octanol–water partition coefficient (Wildman–Crippen LogP) is 0.495. The monoisotopic (exact) mass is 145 g/mol. The average molecular weight is 145 g/mol. The van der Waals surface area contributed by atoms with Gasteiger partial charge in [0.05, 0.1) is 6.61 Å². The Labute approximate surface area is 60.3 Å². The Kier molecular flexibility index (Phi) is 7.56. The van der Waals surface area contributed by atoms with Gasteiger partial charge in [0.15, 0.2) is 0 Å². The van der Waals surface area contributed by atoms with Gasteiger partial charge >= 0.3 is 0 Å². The van der Waals surface area contributed by atoms with Crippen molar-refractivity contribution < 1.29 is 14.2 Å². The molecule has 4 nitrogen and oxygen atoms in total. The van der Waals surface area contributed by atoms with Crippen LogP contribution in [0.3, 0.4) is 0 Å². The lowest BCUT2D eigenvalue weighted by molar-refractivity contribution is -0.0103. The van der Waals surface area contributed by atoms with Crippen LogP contribution in [0.15, 0.2) is 0 Å². The number of rotatable bonds is 6. The van der Waals surface area contributed by atoms with Crippen LogP contribution in [-0.2, 0) is 14.2 Å². The maximum Gasteiger partial charge on any atom is 0.288 e. The summed E-state index contributed by atoms with van der Waals surface area (Å²) in [6, 6.07) is 0. The van der Waals surface area contributed by atoms with E-state index in [1.54, 1.807) is 7.11 Å². The highest BCUT2D eigenvalue weighted by atomic mass is 16.7. The van der Waals surface area contributed by atoms with Gasteiger partial charge in [0.1, 0.15) is 0 Å². The molecule has 0 fully saturated rings. The predicted molar refractivity (Wildman–Crippen MR) is 34.0 cm³/mol. The van der Waals surface area contributed by atoms with Gasteiger partial charge in [-0.2, -0.15) is 5.26 Å². The van der Waals surface area contributed by atoms with Gasteiger partial charge in [-0.25, -0.2) is 0 Å². The lowest BCUT2D eigenvalue weighted by Crippen LogP contribution is -2.00. The van der Waals surface area contributed by atoms with Crippen LogP contribution in [0.1, 0.15) is 6.42 Å². The fourth-order valence-corrected chi connectivity index (χ4v) is 0.432. The lowest BCUT2D eigenvalue weighted by Gasteiger charge is -1.99. The number of ether oxygens (including phenoxy) is 3. The third kappa shape index (κ3) is 7.21. The first-order valence-corrected chi connectivity index (χ1v) is 2.99. The van der Waals surface area contributed by atoms with Crippen LogP contribution in [0, 0.1) is 11.5 Å². The Morgan fingerprint density at radius 2 is 2.20 bits per heavy atom. The van der Waals surface area contributed by atoms with E-state index < -0.39 is 0 Å². The van der Waals surface area contributed by atoms with E-state index in [1.165, 1.54) is 6.26 Å². The number of nitrogens with zero attached hydrogens (tertiary/aromatic N) is 1. The fourth-order valence-electron chi connectivity index (χ4n) is 0.432. The molecule has 0 bridgehead atoms. The van der Waals surface area contributed by atoms with Gasteiger partial charge < -0.3 is 14.2 Å². The summed E-state index contributed by atoms with van der Waals surface area (Å²) in [5.41, 5.74) is 0. The molecule has 0 radical (unpaired) electrons. The van der Waals surface area contributed by atoms with Crippen LogP contribution >= 0.6 is 0 Å². The number of hydrogen-bond donors (Lipinski definition) is 0. The van der Waals surface area contributed by atoms with Crippen LogP contribution in [0.2, 0.25) is 0 Å². The Morgan fingerprint density at radius 3 is 2.80 bits per heavy atom. The molecule has 0 spiro atoms. The molecule has 0 rings (SSSR count). The number of hydrogen-bond acceptors (Lipinski definition) is 4. The summed E-state index contributed by atoms with van der Waals surface area (Å²) >= 11 is 0. The summed E-state index contributed by atoms with van der Waals surface area (Å²) in [7, 11) is 1.63. The molecule has 0 aliphatic carbocycles. The largest absolute Gasteiger partial charge is 0.398 e. The molecule has 0 aliphatic rings. The van der Waals surface area contributed by atoms with Crippen molar-refractivity contribution in [2.45, 2.75) is 6.42 Å². The van der Waals surface area contributed by atoms with E-state index in [9.17, 15) is 0 Å². The molecule has 0 atom stereocenters. The van der Waals surface area contributed by atoms with Gasteiger partial charge in [-0.3, -0.25) is 0 Å². The first kappa shape index (κ1) is 9.21. The van der Waals surface area contributed by atoms with E-state index in [4.69, 9.17) is 14.7 Å². The van der Waals surface area contributed by atoms with E-state index in [-0.39, 0.29) is 6.79 Å². The minimum absolute atomic E-state index is 0.0419. The fraction of sp³-hybridized carbons (Fsp3) is 0.833. The van der Waals surface area contributed by atoms with Gasteiger partial charge in [0.25, 0.3) is 6.26 Å².